The number of hydrogen-bond acceptors (Lipinski definition) is 5. The lowest BCUT2D eigenvalue weighted by molar-refractivity contribution is -0.385. The lowest BCUT2D eigenvalue weighted by atomic mass is 10.1. The minimum absolute atomic E-state index is 0.123. The van der Waals surface area contributed by atoms with Gasteiger partial charge in [-0.25, -0.2) is 0 Å². The van der Waals surface area contributed by atoms with Gasteiger partial charge in [0.15, 0.2) is 0 Å². The fraction of sp³-hybridized carbons (Fsp3) is 0.188. The molecule has 0 unspecified atom stereocenters. The summed E-state index contributed by atoms with van der Waals surface area (Å²) in [4.78, 5) is 39.6. The predicted octanol–water partition coefficient (Wildman–Crippen LogP) is 2.25. The first kappa shape index (κ1) is 17.1. The fourth-order valence-electron chi connectivity index (χ4n) is 2.00. The Kier molecular flexibility index (Phi) is 4.88. The highest BCUT2D eigenvalue weighted by molar-refractivity contribution is 6.05. The maximum absolute atomic E-state index is 12.3. The van der Waals surface area contributed by atoms with Crippen LogP contribution in [0.4, 0.5) is 11.4 Å². The maximum atomic E-state index is 12.3. The second-order valence-electron chi connectivity index (χ2n) is 5.31. The van der Waals surface area contributed by atoms with Crippen molar-refractivity contribution in [3.05, 3.63) is 63.5 Å². The van der Waals surface area contributed by atoms with Crippen molar-refractivity contribution >= 4 is 23.2 Å². The van der Waals surface area contributed by atoms with Gasteiger partial charge in [-0.3, -0.25) is 24.7 Å². The zero-order valence-corrected chi connectivity index (χ0v) is 13.4. The van der Waals surface area contributed by atoms with E-state index in [9.17, 15) is 19.7 Å². The maximum Gasteiger partial charge on any atom is 0.288 e. The molecule has 0 saturated heterocycles. The molecule has 1 heterocycles. The summed E-state index contributed by atoms with van der Waals surface area (Å²) < 4.78 is 0. The van der Waals surface area contributed by atoms with Crippen molar-refractivity contribution in [2.75, 3.05) is 19.4 Å². The Hall–Kier alpha value is -3.29. The Morgan fingerprint density at radius 1 is 1.21 bits per heavy atom. The van der Waals surface area contributed by atoms with Gasteiger partial charge in [-0.1, -0.05) is 0 Å². The molecule has 24 heavy (non-hydrogen) atoms. The Morgan fingerprint density at radius 2 is 1.83 bits per heavy atom. The van der Waals surface area contributed by atoms with Gasteiger partial charge in [0.2, 0.25) is 0 Å². The molecule has 2 rings (SSSR count). The highest BCUT2D eigenvalue weighted by Gasteiger charge is 2.16. The SMILES string of the molecule is Cc1ncc([N+](=O)[O-])cc1C(=O)Nc1ccc(C(=O)N(C)C)cc1. The molecule has 0 atom stereocenters. The van der Waals surface area contributed by atoms with Crippen molar-refractivity contribution in [3.8, 4) is 0 Å². The third kappa shape index (κ3) is 3.72. The number of pyridine rings is 1. The third-order valence-electron chi connectivity index (χ3n) is 3.32. The number of carbonyl (C=O) groups excluding carboxylic acids is 2. The summed E-state index contributed by atoms with van der Waals surface area (Å²) in [5.41, 5.74) is 1.22. The molecule has 0 radical (unpaired) electrons. The molecule has 2 amide bonds. The molecule has 1 aromatic carbocycles. The second kappa shape index (κ2) is 6.86. The van der Waals surface area contributed by atoms with Crippen LogP contribution in [0.1, 0.15) is 26.4 Å². The second-order valence-corrected chi connectivity index (χ2v) is 5.31. The van der Waals surface area contributed by atoms with Gasteiger partial charge in [-0.05, 0) is 31.2 Å². The summed E-state index contributed by atoms with van der Waals surface area (Å²) >= 11 is 0. The summed E-state index contributed by atoms with van der Waals surface area (Å²) in [6, 6.07) is 7.55. The van der Waals surface area contributed by atoms with Crippen LogP contribution in [-0.4, -0.2) is 40.7 Å². The summed E-state index contributed by atoms with van der Waals surface area (Å²) in [6.45, 7) is 1.59. The first-order chi connectivity index (χ1) is 11.3. The highest BCUT2D eigenvalue weighted by Crippen LogP contribution is 2.17. The smallest absolute Gasteiger partial charge is 0.288 e. The van der Waals surface area contributed by atoms with Crippen LogP contribution in [0.15, 0.2) is 36.5 Å². The van der Waals surface area contributed by atoms with Gasteiger partial charge in [-0.2, -0.15) is 0 Å². The van der Waals surface area contributed by atoms with E-state index in [1.807, 2.05) is 0 Å². The van der Waals surface area contributed by atoms with Gasteiger partial charge in [-0.15, -0.1) is 0 Å². The monoisotopic (exact) mass is 328 g/mol. The number of hydrogen-bond donors (Lipinski definition) is 1. The summed E-state index contributed by atoms with van der Waals surface area (Å²) in [7, 11) is 3.30. The zero-order valence-electron chi connectivity index (χ0n) is 13.4. The molecule has 8 heteroatoms. The predicted molar refractivity (Wildman–Crippen MR) is 88.0 cm³/mol. The highest BCUT2D eigenvalue weighted by atomic mass is 16.6. The minimum Gasteiger partial charge on any atom is -0.345 e. The Balaban J connectivity index is 2.19. The van der Waals surface area contributed by atoms with E-state index in [0.717, 1.165) is 6.20 Å². The lowest BCUT2D eigenvalue weighted by Crippen LogP contribution is -2.21. The largest absolute Gasteiger partial charge is 0.345 e. The normalized spacial score (nSPS) is 10.1. The summed E-state index contributed by atoms with van der Waals surface area (Å²) in [5, 5.41) is 13.4. The molecule has 0 saturated carbocycles. The van der Waals surface area contributed by atoms with E-state index in [4.69, 9.17) is 0 Å². The van der Waals surface area contributed by atoms with Crippen LogP contribution in [0.3, 0.4) is 0 Å². The van der Waals surface area contributed by atoms with E-state index in [2.05, 4.69) is 10.3 Å². The molecular weight excluding hydrogens is 312 g/mol. The number of nitrogens with one attached hydrogen (secondary N) is 1. The van der Waals surface area contributed by atoms with Crippen molar-refractivity contribution in [2.45, 2.75) is 6.92 Å². The summed E-state index contributed by atoms with van der Waals surface area (Å²) in [6.07, 6.45) is 1.10. The standard InChI is InChI=1S/C16H16N4O4/c1-10-14(8-13(9-17-10)20(23)24)15(21)18-12-6-4-11(5-7-12)16(22)19(2)3/h4-9H,1-3H3,(H,18,21). The lowest BCUT2D eigenvalue weighted by Gasteiger charge is -2.11. The molecular formula is C16H16N4O4. The fourth-order valence-corrected chi connectivity index (χ4v) is 2.00. The van der Waals surface area contributed by atoms with Crippen LogP contribution in [0.5, 0.6) is 0 Å². The molecule has 0 fully saturated rings. The number of nitrogens with zero attached hydrogens (tertiary/aromatic N) is 3. The van der Waals surface area contributed by atoms with Crippen molar-refractivity contribution < 1.29 is 14.5 Å². The molecule has 0 aliphatic carbocycles. The average molecular weight is 328 g/mol. The van der Waals surface area contributed by atoms with E-state index in [1.165, 1.54) is 11.0 Å². The average Bonchev–Trinajstić information content (AvgIpc) is 2.54. The Morgan fingerprint density at radius 3 is 2.38 bits per heavy atom. The van der Waals surface area contributed by atoms with Gasteiger partial charge >= 0.3 is 0 Å². The molecule has 0 aliphatic heterocycles. The first-order valence-corrected chi connectivity index (χ1v) is 7.03. The number of anilines is 1. The van der Waals surface area contributed by atoms with Gasteiger partial charge in [0.25, 0.3) is 17.5 Å². The number of aromatic nitrogens is 1. The molecule has 8 nitrogen and oxygen atoms in total. The Bertz CT molecular complexity index is 800. The van der Waals surface area contributed by atoms with E-state index in [1.54, 1.807) is 45.3 Å². The van der Waals surface area contributed by atoms with E-state index >= 15 is 0 Å². The van der Waals surface area contributed by atoms with E-state index < -0.39 is 10.8 Å². The number of rotatable bonds is 4. The quantitative estimate of drug-likeness (QED) is 0.684. The minimum atomic E-state index is -0.606. The number of aryl methyl sites for hydroxylation is 1. The molecule has 1 N–H and O–H groups in total. The van der Waals surface area contributed by atoms with Crippen molar-refractivity contribution in [1.82, 2.24) is 9.88 Å². The van der Waals surface area contributed by atoms with Crippen LogP contribution in [-0.2, 0) is 0 Å². The third-order valence-corrected chi connectivity index (χ3v) is 3.32. The number of carbonyl (C=O) groups is 2. The van der Waals surface area contributed by atoms with E-state index in [0.29, 0.717) is 16.9 Å². The van der Waals surface area contributed by atoms with Gasteiger partial charge in [0, 0.05) is 31.4 Å². The molecule has 0 aliphatic rings. The van der Waals surface area contributed by atoms with Crippen molar-refractivity contribution in [2.24, 2.45) is 0 Å². The Labute approximate surface area is 138 Å². The number of amides is 2. The topological polar surface area (TPSA) is 105 Å². The summed E-state index contributed by atoms with van der Waals surface area (Å²) in [5.74, 6) is -0.651. The molecule has 1 aromatic heterocycles. The van der Waals surface area contributed by atoms with Crippen molar-refractivity contribution in [3.63, 3.8) is 0 Å². The first-order valence-electron chi connectivity index (χ1n) is 7.03. The molecule has 0 bridgehead atoms. The molecule has 0 spiro atoms. The van der Waals surface area contributed by atoms with Crippen molar-refractivity contribution in [1.29, 1.82) is 0 Å². The van der Waals surface area contributed by atoms with Gasteiger partial charge in [0.05, 0.1) is 16.2 Å². The van der Waals surface area contributed by atoms with Crippen LogP contribution in [0.25, 0.3) is 0 Å². The van der Waals surface area contributed by atoms with Crippen LogP contribution >= 0.6 is 0 Å². The molecule has 124 valence electrons. The molecule has 2 aromatic rings. The van der Waals surface area contributed by atoms with Gasteiger partial charge < -0.3 is 10.2 Å². The van der Waals surface area contributed by atoms with Crippen LogP contribution in [0, 0.1) is 17.0 Å². The zero-order chi connectivity index (χ0) is 17.9. The van der Waals surface area contributed by atoms with E-state index in [-0.39, 0.29) is 17.2 Å². The van der Waals surface area contributed by atoms with Crippen LogP contribution < -0.4 is 5.32 Å². The number of benzene rings is 1. The number of nitro groups is 1. The van der Waals surface area contributed by atoms with Crippen LogP contribution in [0.2, 0.25) is 0 Å². The van der Waals surface area contributed by atoms with Gasteiger partial charge in [0.1, 0.15) is 6.20 Å².